The maximum atomic E-state index is 13.9. The van der Waals surface area contributed by atoms with Crippen LogP contribution in [0.15, 0.2) is 29.1 Å². The van der Waals surface area contributed by atoms with Crippen LogP contribution >= 0.6 is 0 Å². The molecule has 3 rings (SSSR count). The Morgan fingerprint density at radius 3 is 2.52 bits per heavy atom. The molecule has 1 fully saturated rings. The summed E-state index contributed by atoms with van der Waals surface area (Å²) in [5.74, 6) is -0.767. The number of aromatic nitrogens is 2. The van der Waals surface area contributed by atoms with E-state index < -0.39 is 11.4 Å². The van der Waals surface area contributed by atoms with Crippen molar-refractivity contribution < 1.29 is 18.7 Å². The Hall–Kier alpha value is -3.92. The summed E-state index contributed by atoms with van der Waals surface area (Å²) in [5, 5.41) is 22.3. The fraction of sp³-hybridized carbons (Fsp3) is 0.381. The molecule has 1 saturated heterocycles. The average Bonchev–Trinajstić information content (AvgIpc) is 2.74. The Bertz CT molecular complexity index is 1120. The van der Waals surface area contributed by atoms with Gasteiger partial charge in [0.25, 0.3) is 5.56 Å². The Morgan fingerprint density at radius 2 is 1.94 bits per heavy atom. The van der Waals surface area contributed by atoms with Crippen molar-refractivity contribution >= 4 is 6.09 Å². The lowest BCUT2D eigenvalue weighted by atomic mass is 10.1. The molecule has 160 valence electrons. The highest BCUT2D eigenvalue weighted by molar-refractivity contribution is 5.67. The van der Waals surface area contributed by atoms with E-state index in [1.807, 2.05) is 6.07 Å². The van der Waals surface area contributed by atoms with Crippen molar-refractivity contribution in [1.82, 2.24) is 14.7 Å². The third-order valence-electron chi connectivity index (χ3n) is 4.65. The molecule has 0 N–H and O–H groups in total. The molecular weight excluding hydrogens is 405 g/mol. The first-order chi connectivity index (χ1) is 14.8. The Labute approximate surface area is 177 Å². The molecule has 9 nitrogen and oxygen atoms in total. The number of nitrogens with zero attached hydrogens (tertiary/aromatic N) is 5. The normalized spacial score (nSPS) is 14.1. The van der Waals surface area contributed by atoms with E-state index in [2.05, 4.69) is 5.10 Å². The highest BCUT2D eigenvalue weighted by Crippen LogP contribution is 2.21. The molecule has 0 saturated carbocycles. The average molecular weight is 425 g/mol. The Kier molecular flexibility index (Phi) is 6.51. The van der Waals surface area contributed by atoms with Crippen molar-refractivity contribution in [2.75, 3.05) is 13.1 Å². The maximum Gasteiger partial charge on any atom is 0.410 e. The van der Waals surface area contributed by atoms with E-state index in [0.29, 0.717) is 25.9 Å². The maximum absolute atomic E-state index is 13.9. The van der Waals surface area contributed by atoms with E-state index in [9.17, 15) is 19.2 Å². The molecule has 1 aliphatic rings. The van der Waals surface area contributed by atoms with Gasteiger partial charge in [-0.3, -0.25) is 4.79 Å². The van der Waals surface area contributed by atoms with Gasteiger partial charge < -0.3 is 14.4 Å². The van der Waals surface area contributed by atoms with Crippen molar-refractivity contribution in [2.24, 2.45) is 0 Å². The van der Waals surface area contributed by atoms with Gasteiger partial charge in [-0.05, 0) is 26.0 Å². The number of likely N-dealkylation sites (tertiary alicyclic amines) is 1. The molecule has 0 atom stereocenters. The molecule has 0 radical (unpaired) electrons. The number of piperidine rings is 1. The summed E-state index contributed by atoms with van der Waals surface area (Å²) in [7, 11) is 0. The van der Waals surface area contributed by atoms with Gasteiger partial charge in [0.05, 0.1) is 23.4 Å². The molecule has 1 aromatic carbocycles. The van der Waals surface area contributed by atoms with Gasteiger partial charge in [-0.1, -0.05) is 0 Å². The summed E-state index contributed by atoms with van der Waals surface area (Å²) in [4.78, 5) is 26.1. The fourth-order valence-corrected chi connectivity index (χ4v) is 3.13. The smallest absolute Gasteiger partial charge is 0.410 e. The van der Waals surface area contributed by atoms with E-state index >= 15 is 0 Å². The van der Waals surface area contributed by atoms with Crippen LogP contribution in [-0.2, 0) is 4.74 Å². The van der Waals surface area contributed by atoms with Crippen LogP contribution in [-0.4, -0.2) is 46.1 Å². The summed E-state index contributed by atoms with van der Waals surface area (Å²) in [6.07, 6.45) is 0.107. The molecule has 0 unspecified atom stereocenters. The second kappa shape index (κ2) is 9.26. The van der Waals surface area contributed by atoms with Crippen molar-refractivity contribution in [1.29, 1.82) is 10.5 Å². The van der Waals surface area contributed by atoms with Crippen LogP contribution in [0, 0.1) is 28.5 Å². The summed E-state index contributed by atoms with van der Waals surface area (Å²) >= 11 is 0. The van der Waals surface area contributed by atoms with Crippen molar-refractivity contribution in [2.45, 2.75) is 38.9 Å². The summed E-state index contributed by atoms with van der Waals surface area (Å²) < 4.78 is 25.8. The first kappa shape index (κ1) is 21.8. The highest BCUT2D eigenvalue weighted by Gasteiger charge is 2.26. The zero-order valence-electron chi connectivity index (χ0n) is 17.0. The lowest BCUT2D eigenvalue weighted by Gasteiger charge is -2.32. The van der Waals surface area contributed by atoms with Crippen LogP contribution in [0.5, 0.6) is 5.75 Å². The molecule has 1 amide bonds. The van der Waals surface area contributed by atoms with Crippen LogP contribution < -0.4 is 10.3 Å². The zero-order valence-corrected chi connectivity index (χ0v) is 17.0. The molecule has 2 aromatic rings. The van der Waals surface area contributed by atoms with Crippen LogP contribution in [0.25, 0.3) is 5.69 Å². The third kappa shape index (κ3) is 4.98. The topological polar surface area (TPSA) is 121 Å². The number of carbonyl (C=O) groups is 1. The SMILES string of the molecule is CC(C)OC(=O)N1CCC(Oc2cc(=O)n(-c3ccc(C#N)c(F)c3)nc2C#N)CC1. The van der Waals surface area contributed by atoms with E-state index in [1.165, 1.54) is 12.1 Å². The lowest BCUT2D eigenvalue weighted by molar-refractivity contribution is 0.0515. The third-order valence-corrected chi connectivity index (χ3v) is 4.65. The number of hydrogen-bond donors (Lipinski definition) is 0. The van der Waals surface area contributed by atoms with Gasteiger partial charge in [0.2, 0.25) is 5.69 Å². The largest absolute Gasteiger partial charge is 0.487 e. The van der Waals surface area contributed by atoms with Crippen LogP contribution in [0.1, 0.15) is 37.9 Å². The molecule has 10 heteroatoms. The molecule has 2 heterocycles. The molecule has 0 spiro atoms. The van der Waals surface area contributed by atoms with Gasteiger partial charge in [0, 0.05) is 32.0 Å². The quantitative estimate of drug-likeness (QED) is 0.738. The Balaban J connectivity index is 1.75. The zero-order chi connectivity index (χ0) is 22.5. The number of halogens is 1. The van der Waals surface area contributed by atoms with Crippen molar-refractivity contribution in [3.05, 3.63) is 51.7 Å². The number of nitriles is 2. The first-order valence-electron chi connectivity index (χ1n) is 9.69. The minimum absolute atomic E-state index is 0.0288. The van der Waals surface area contributed by atoms with E-state index in [4.69, 9.17) is 14.7 Å². The van der Waals surface area contributed by atoms with E-state index in [-0.39, 0.29) is 41.0 Å². The number of carbonyl (C=O) groups excluding carboxylic acids is 1. The molecule has 0 aliphatic carbocycles. The van der Waals surface area contributed by atoms with Gasteiger partial charge in [0.15, 0.2) is 5.75 Å². The fourth-order valence-electron chi connectivity index (χ4n) is 3.13. The second-order valence-corrected chi connectivity index (χ2v) is 7.23. The van der Waals surface area contributed by atoms with Crippen LogP contribution in [0.2, 0.25) is 0 Å². The first-order valence-corrected chi connectivity index (χ1v) is 9.69. The number of benzene rings is 1. The van der Waals surface area contributed by atoms with Crippen LogP contribution in [0.3, 0.4) is 0 Å². The Morgan fingerprint density at radius 1 is 1.23 bits per heavy atom. The minimum atomic E-state index is -0.796. The van der Waals surface area contributed by atoms with Crippen molar-refractivity contribution in [3.63, 3.8) is 0 Å². The van der Waals surface area contributed by atoms with E-state index in [0.717, 1.165) is 16.8 Å². The summed E-state index contributed by atoms with van der Waals surface area (Å²) in [6.45, 7) is 4.40. The number of rotatable bonds is 4. The monoisotopic (exact) mass is 425 g/mol. The predicted molar refractivity (Wildman–Crippen MR) is 106 cm³/mol. The standard InChI is InChI=1S/C21H20FN5O4/c1-13(2)30-21(29)26-7-5-16(6-8-26)31-19-10-20(28)27(25-18(19)12-24)15-4-3-14(11-23)17(22)9-15/h3-4,9-10,13,16H,5-8H2,1-2H3. The number of amides is 1. The van der Waals surface area contributed by atoms with Crippen molar-refractivity contribution in [3.8, 4) is 23.6 Å². The van der Waals surface area contributed by atoms with Gasteiger partial charge in [-0.2, -0.15) is 15.2 Å². The second-order valence-electron chi connectivity index (χ2n) is 7.23. The number of hydrogen-bond acceptors (Lipinski definition) is 7. The van der Waals surface area contributed by atoms with Gasteiger partial charge in [0.1, 0.15) is 24.1 Å². The number of ether oxygens (including phenoxy) is 2. The van der Waals surface area contributed by atoms with Gasteiger partial charge in [-0.25, -0.2) is 9.18 Å². The van der Waals surface area contributed by atoms with E-state index in [1.54, 1.807) is 24.8 Å². The molecule has 1 aromatic heterocycles. The molecule has 0 bridgehead atoms. The minimum Gasteiger partial charge on any atom is -0.487 e. The van der Waals surface area contributed by atoms with Gasteiger partial charge >= 0.3 is 6.09 Å². The predicted octanol–water partition coefficient (Wildman–Crippen LogP) is 2.50. The lowest BCUT2D eigenvalue weighted by Crippen LogP contribution is -2.42. The molecule has 1 aliphatic heterocycles. The highest BCUT2D eigenvalue weighted by atomic mass is 19.1. The molecular formula is C21H20FN5O4. The molecule has 31 heavy (non-hydrogen) atoms. The van der Waals surface area contributed by atoms with Crippen LogP contribution in [0.4, 0.5) is 9.18 Å². The summed E-state index contributed by atoms with van der Waals surface area (Å²) in [5.41, 5.74) is -0.829. The van der Waals surface area contributed by atoms with Gasteiger partial charge in [-0.15, -0.1) is 5.10 Å². The summed E-state index contributed by atoms with van der Waals surface area (Å²) in [6, 6.07) is 8.30.